The van der Waals surface area contributed by atoms with Gasteiger partial charge < -0.3 is 9.80 Å². The van der Waals surface area contributed by atoms with Crippen LogP contribution in [0.25, 0.3) is 0 Å². The summed E-state index contributed by atoms with van der Waals surface area (Å²) in [6.07, 6.45) is -0.413. The van der Waals surface area contributed by atoms with Crippen LogP contribution in [0.5, 0.6) is 0 Å². The van der Waals surface area contributed by atoms with Gasteiger partial charge in [0.05, 0.1) is 12.6 Å². The molecular weight excluding hydrogens is 300 g/mol. The molecule has 0 aliphatic carbocycles. The second kappa shape index (κ2) is 7.36. The number of amides is 1. The molecule has 1 atom stereocenters. The maximum atomic E-state index is 13.3. The van der Waals surface area contributed by atoms with Crippen LogP contribution in [-0.4, -0.2) is 54.9 Å². The topological polar surface area (TPSA) is 35.6 Å². The van der Waals surface area contributed by atoms with E-state index in [2.05, 4.69) is 10.2 Å². The second-order valence-corrected chi connectivity index (χ2v) is 6.40. The van der Waals surface area contributed by atoms with E-state index in [1.807, 2.05) is 45.3 Å². The fourth-order valence-electron chi connectivity index (χ4n) is 2.79. The molecule has 2 rings (SSSR count). The second-order valence-electron chi connectivity index (χ2n) is 6.40. The molecule has 128 valence electrons. The standard InChI is InChI=1S/C17H25F2N3O/c1-4-22(16(23)15-9-17(18,19)12-20-15)11-14-7-5-13(6-8-14)10-21(2)3/h5-8,15,20H,4,9-12H2,1-3H3. The Morgan fingerprint density at radius 1 is 1.22 bits per heavy atom. The normalized spacial score (nSPS) is 20.0. The van der Waals surface area contributed by atoms with Crippen LogP contribution < -0.4 is 5.32 Å². The van der Waals surface area contributed by atoms with Gasteiger partial charge in [0.25, 0.3) is 5.92 Å². The van der Waals surface area contributed by atoms with Gasteiger partial charge in [-0.05, 0) is 32.1 Å². The molecule has 1 fully saturated rings. The third-order valence-electron chi connectivity index (χ3n) is 4.00. The van der Waals surface area contributed by atoms with Crippen LogP contribution in [0.1, 0.15) is 24.5 Å². The van der Waals surface area contributed by atoms with Crippen LogP contribution in [-0.2, 0) is 17.9 Å². The van der Waals surface area contributed by atoms with Crippen molar-refractivity contribution in [2.75, 3.05) is 27.2 Å². The van der Waals surface area contributed by atoms with Crippen molar-refractivity contribution in [3.63, 3.8) is 0 Å². The molecule has 1 aromatic rings. The summed E-state index contributed by atoms with van der Waals surface area (Å²) in [5.74, 6) is -3.03. The van der Waals surface area contributed by atoms with Crippen LogP contribution in [0.3, 0.4) is 0 Å². The zero-order chi connectivity index (χ0) is 17.0. The van der Waals surface area contributed by atoms with E-state index in [9.17, 15) is 13.6 Å². The molecule has 1 saturated heterocycles. The van der Waals surface area contributed by atoms with E-state index in [0.29, 0.717) is 13.1 Å². The number of rotatable bonds is 6. The van der Waals surface area contributed by atoms with E-state index in [4.69, 9.17) is 0 Å². The van der Waals surface area contributed by atoms with Crippen LogP contribution in [0.4, 0.5) is 8.78 Å². The summed E-state index contributed by atoms with van der Waals surface area (Å²) < 4.78 is 26.5. The van der Waals surface area contributed by atoms with Crippen LogP contribution in [0.2, 0.25) is 0 Å². The number of carbonyl (C=O) groups is 1. The van der Waals surface area contributed by atoms with E-state index in [-0.39, 0.29) is 5.91 Å². The average molecular weight is 325 g/mol. The van der Waals surface area contributed by atoms with E-state index in [0.717, 1.165) is 12.1 Å². The average Bonchev–Trinajstić information content (AvgIpc) is 2.85. The lowest BCUT2D eigenvalue weighted by Crippen LogP contribution is -2.43. The Kier molecular flexibility index (Phi) is 5.70. The Bertz CT molecular complexity index is 531. The molecule has 1 unspecified atom stereocenters. The zero-order valence-corrected chi connectivity index (χ0v) is 14.0. The third-order valence-corrected chi connectivity index (χ3v) is 4.00. The molecule has 0 bridgehead atoms. The number of hydrogen-bond donors (Lipinski definition) is 1. The number of alkyl halides is 2. The smallest absolute Gasteiger partial charge is 0.262 e. The summed E-state index contributed by atoms with van der Waals surface area (Å²) in [4.78, 5) is 16.1. The minimum Gasteiger partial charge on any atom is -0.337 e. The molecule has 1 aromatic carbocycles. The van der Waals surface area contributed by atoms with E-state index >= 15 is 0 Å². The highest BCUT2D eigenvalue weighted by molar-refractivity contribution is 5.82. The Balaban J connectivity index is 1.97. The predicted octanol–water partition coefficient (Wildman–Crippen LogP) is 2.09. The molecule has 0 spiro atoms. The molecule has 0 saturated carbocycles. The van der Waals surface area contributed by atoms with Crippen molar-refractivity contribution >= 4 is 5.91 Å². The van der Waals surface area contributed by atoms with Crippen molar-refractivity contribution in [2.24, 2.45) is 0 Å². The summed E-state index contributed by atoms with van der Waals surface area (Å²) in [5, 5.41) is 2.63. The van der Waals surface area contributed by atoms with Crippen molar-refractivity contribution in [3.05, 3.63) is 35.4 Å². The minimum absolute atomic E-state index is 0.248. The Morgan fingerprint density at radius 2 is 1.78 bits per heavy atom. The molecule has 0 radical (unpaired) electrons. The first-order valence-electron chi connectivity index (χ1n) is 7.93. The van der Waals surface area contributed by atoms with Crippen molar-refractivity contribution < 1.29 is 13.6 Å². The van der Waals surface area contributed by atoms with Gasteiger partial charge in [-0.2, -0.15) is 0 Å². The van der Waals surface area contributed by atoms with Gasteiger partial charge in [-0.25, -0.2) is 8.78 Å². The maximum Gasteiger partial charge on any atom is 0.262 e. The van der Waals surface area contributed by atoms with Crippen molar-refractivity contribution in [1.29, 1.82) is 0 Å². The molecule has 1 aliphatic heterocycles. The van der Waals surface area contributed by atoms with Crippen LogP contribution in [0.15, 0.2) is 24.3 Å². The fraction of sp³-hybridized carbons (Fsp3) is 0.588. The highest BCUT2D eigenvalue weighted by atomic mass is 19.3. The van der Waals surface area contributed by atoms with E-state index < -0.39 is 24.9 Å². The molecule has 1 amide bonds. The van der Waals surface area contributed by atoms with E-state index in [1.165, 1.54) is 5.56 Å². The molecular formula is C17H25F2N3O. The van der Waals surface area contributed by atoms with Gasteiger partial charge in [0.15, 0.2) is 0 Å². The number of likely N-dealkylation sites (N-methyl/N-ethyl adjacent to an activating group) is 1. The summed E-state index contributed by atoms with van der Waals surface area (Å²) in [6, 6.07) is 7.28. The monoisotopic (exact) mass is 325 g/mol. The van der Waals surface area contributed by atoms with Gasteiger partial charge in [-0.3, -0.25) is 10.1 Å². The van der Waals surface area contributed by atoms with Gasteiger partial charge in [0, 0.05) is 26.1 Å². The largest absolute Gasteiger partial charge is 0.337 e. The van der Waals surface area contributed by atoms with Gasteiger partial charge >= 0.3 is 0 Å². The Hall–Kier alpha value is -1.53. The van der Waals surface area contributed by atoms with Crippen molar-refractivity contribution in [2.45, 2.75) is 38.4 Å². The lowest BCUT2D eigenvalue weighted by molar-refractivity contribution is -0.134. The SMILES string of the molecule is CCN(Cc1ccc(CN(C)C)cc1)C(=O)C1CC(F)(F)CN1. The summed E-state index contributed by atoms with van der Waals surface area (Å²) >= 11 is 0. The molecule has 0 aromatic heterocycles. The van der Waals surface area contributed by atoms with Gasteiger partial charge in [-0.15, -0.1) is 0 Å². The lowest BCUT2D eigenvalue weighted by atomic mass is 10.1. The number of carbonyl (C=O) groups excluding carboxylic acids is 1. The van der Waals surface area contributed by atoms with E-state index in [1.54, 1.807) is 4.90 Å². The zero-order valence-electron chi connectivity index (χ0n) is 14.0. The van der Waals surface area contributed by atoms with Crippen LogP contribution >= 0.6 is 0 Å². The Labute approximate surface area is 136 Å². The predicted molar refractivity (Wildman–Crippen MR) is 86.3 cm³/mol. The first-order chi connectivity index (χ1) is 10.8. The highest BCUT2D eigenvalue weighted by Crippen LogP contribution is 2.26. The molecule has 1 heterocycles. The number of nitrogens with zero attached hydrogens (tertiary/aromatic N) is 2. The van der Waals surface area contributed by atoms with Gasteiger partial charge in [0.2, 0.25) is 5.91 Å². The van der Waals surface area contributed by atoms with Crippen molar-refractivity contribution in [3.8, 4) is 0 Å². The summed E-state index contributed by atoms with van der Waals surface area (Å²) in [5.41, 5.74) is 2.21. The number of nitrogens with one attached hydrogen (secondary N) is 1. The summed E-state index contributed by atoms with van der Waals surface area (Å²) in [7, 11) is 4.02. The van der Waals surface area contributed by atoms with Gasteiger partial charge in [-0.1, -0.05) is 24.3 Å². The summed E-state index contributed by atoms with van der Waals surface area (Å²) in [6.45, 7) is 3.26. The van der Waals surface area contributed by atoms with Gasteiger partial charge in [0.1, 0.15) is 0 Å². The molecule has 6 heteroatoms. The number of benzene rings is 1. The number of hydrogen-bond acceptors (Lipinski definition) is 3. The molecule has 23 heavy (non-hydrogen) atoms. The quantitative estimate of drug-likeness (QED) is 0.870. The molecule has 4 nitrogen and oxygen atoms in total. The lowest BCUT2D eigenvalue weighted by Gasteiger charge is -2.24. The highest BCUT2D eigenvalue weighted by Gasteiger charge is 2.43. The first-order valence-corrected chi connectivity index (χ1v) is 7.93. The van der Waals surface area contributed by atoms with Crippen molar-refractivity contribution in [1.82, 2.24) is 15.1 Å². The number of halogens is 2. The maximum absolute atomic E-state index is 13.3. The Morgan fingerprint density at radius 3 is 2.22 bits per heavy atom. The molecule has 1 N–H and O–H groups in total. The van der Waals surface area contributed by atoms with Crippen LogP contribution in [0, 0.1) is 0 Å². The third kappa shape index (κ3) is 4.97. The fourth-order valence-corrected chi connectivity index (χ4v) is 2.79. The minimum atomic E-state index is -2.78. The molecule has 1 aliphatic rings. The first kappa shape index (κ1) is 17.8.